The maximum Gasteiger partial charge on any atom is 0.244 e. The van der Waals surface area contributed by atoms with E-state index in [1.54, 1.807) is 36.0 Å². The molecule has 0 aliphatic heterocycles. The molecule has 1 amide bonds. The van der Waals surface area contributed by atoms with Crippen LogP contribution in [0.1, 0.15) is 44.6 Å². The van der Waals surface area contributed by atoms with Gasteiger partial charge in [0.2, 0.25) is 15.9 Å². The van der Waals surface area contributed by atoms with Crippen LogP contribution in [0.3, 0.4) is 0 Å². The smallest absolute Gasteiger partial charge is 0.244 e. The summed E-state index contributed by atoms with van der Waals surface area (Å²) in [5.74, 6) is 0.264. The van der Waals surface area contributed by atoms with Gasteiger partial charge in [-0.2, -0.15) is 9.40 Å². The van der Waals surface area contributed by atoms with Crippen LogP contribution >= 0.6 is 0 Å². The van der Waals surface area contributed by atoms with E-state index in [2.05, 4.69) is 32.8 Å². The second kappa shape index (κ2) is 12.4. The molecule has 0 aliphatic carbocycles. The largest absolute Gasteiger partial charge is 0.464 e. The first-order valence-electron chi connectivity index (χ1n) is 13.8. The molecule has 9 heteroatoms. The molecular weight excluding hydrogens is 524 g/mol. The minimum atomic E-state index is -4.13. The van der Waals surface area contributed by atoms with Crippen molar-refractivity contribution < 1.29 is 17.6 Å². The van der Waals surface area contributed by atoms with E-state index in [-0.39, 0.29) is 35.6 Å². The molecule has 1 atom stereocenters. The summed E-state index contributed by atoms with van der Waals surface area (Å²) in [6.07, 6.45) is 1.78. The number of hydrogen-bond donors (Lipinski definition) is 0. The number of amides is 1. The molecule has 0 aliphatic rings. The van der Waals surface area contributed by atoms with Crippen LogP contribution in [-0.2, 0) is 34.8 Å². The summed E-state index contributed by atoms with van der Waals surface area (Å²) < 4.78 is 37.5. The fraction of sp³-hybridized carbons (Fsp3) is 0.419. The Morgan fingerprint density at radius 1 is 0.975 bits per heavy atom. The van der Waals surface area contributed by atoms with Gasteiger partial charge < -0.3 is 9.32 Å². The van der Waals surface area contributed by atoms with Gasteiger partial charge in [0.05, 0.1) is 29.1 Å². The van der Waals surface area contributed by atoms with Crippen LogP contribution in [0.2, 0.25) is 0 Å². The van der Waals surface area contributed by atoms with Crippen LogP contribution in [0.5, 0.6) is 0 Å². The number of hydrogen-bond acceptors (Lipinski definition) is 5. The lowest BCUT2D eigenvalue weighted by atomic mass is 10.0. The summed E-state index contributed by atoms with van der Waals surface area (Å²) in [6.45, 7) is 11.2. The maximum atomic E-state index is 14.5. The molecule has 0 unspecified atom stereocenters. The maximum absolute atomic E-state index is 14.5. The summed E-state index contributed by atoms with van der Waals surface area (Å²) in [5, 5.41) is 5.13. The Labute approximate surface area is 237 Å². The van der Waals surface area contributed by atoms with Crippen molar-refractivity contribution in [2.75, 3.05) is 13.1 Å². The van der Waals surface area contributed by atoms with Crippen LogP contribution in [-0.4, -0.2) is 52.4 Å². The molecule has 0 N–H and O–H groups in total. The van der Waals surface area contributed by atoms with Gasteiger partial charge in [0.15, 0.2) is 0 Å². The summed E-state index contributed by atoms with van der Waals surface area (Å²) >= 11 is 0. The van der Waals surface area contributed by atoms with E-state index in [1.807, 2.05) is 48.2 Å². The van der Waals surface area contributed by atoms with E-state index >= 15 is 0 Å². The number of furan rings is 1. The number of carbonyl (C=O) groups excluding carboxylic acids is 1. The predicted octanol–water partition coefficient (Wildman–Crippen LogP) is 5.42. The number of fused-ring (bicyclic) bond motifs is 1. The van der Waals surface area contributed by atoms with Crippen LogP contribution in [0, 0.1) is 18.8 Å². The number of aromatic nitrogens is 2. The highest BCUT2D eigenvalue weighted by molar-refractivity contribution is 7.89. The topological polar surface area (TPSA) is 88.7 Å². The number of benzene rings is 2. The number of nitrogens with zero attached hydrogens (tertiary/aromatic N) is 4. The molecule has 2 heterocycles. The van der Waals surface area contributed by atoms with Crippen LogP contribution < -0.4 is 0 Å². The van der Waals surface area contributed by atoms with E-state index in [4.69, 9.17) is 4.42 Å². The Hall–Kier alpha value is -3.43. The highest BCUT2D eigenvalue weighted by atomic mass is 32.2. The van der Waals surface area contributed by atoms with Gasteiger partial charge in [0.1, 0.15) is 11.6 Å². The Balaban J connectivity index is 1.87. The lowest BCUT2D eigenvalue weighted by molar-refractivity contribution is -0.136. The van der Waals surface area contributed by atoms with Gasteiger partial charge in [-0.15, -0.1) is 0 Å². The van der Waals surface area contributed by atoms with E-state index in [9.17, 15) is 13.2 Å². The zero-order chi connectivity index (χ0) is 29.0. The van der Waals surface area contributed by atoms with Gasteiger partial charge in [-0.3, -0.25) is 9.48 Å². The quantitative estimate of drug-likeness (QED) is 0.229. The Kier molecular flexibility index (Phi) is 9.15. The first-order chi connectivity index (χ1) is 19.0. The standard InChI is InChI=1S/C31H40N4O4S/c1-22(2)19-34(20-23(3)4)31(36)29(17-25-10-8-7-9-11-25)35(21-27-16-24(5)32-33(27)6)40(37,38)28-12-13-30-26(18-28)14-15-39-30/h7-16,18,22-23,29H,17,19-21H2,1-6H3/t29-/m0/s1. The van der Waals surface area contributed by atoms with Gasteiger partial charge in [0, 0.05) is 25.5 Å². The average molecular weight is 565 g/mol. The minimum absolute atomic E-state index is 0.00351. The van der Waals surface area contributed by atoms with Gasteiger partial charge in [-0.25, -0.2) is 8.42 Å². The van der Waals surface area contributed by atoms with Crippen LogP contribution in [0.15, 0.2) is 76.2 Å². The van der Waals surface area contributed by atoms with Crippen LogP contribution in [0.4, 0.5) is 0 Å². The van der Waals surface area contributed by atoms with E-state index in [0.717, 1.165) is 11.3 Å². The second-order valence-electron chi connectivity index (χ2n) is 11.3. The summed E-state index contributed by atoms with van der Waals surface area (Å²) in [6, 6.07) is 17.1. The first kappa shape index (κ1) is 29.6. The molecule has 2 aromatic carbocycles. The Morgan fingerprint density at radius 3 is 2.25 bits per heavy atom. The van der Waals surface area contributed by atoms with Gasteiger partial charge in [-0.1, -0.05) is 58.0 Å². The molecule has 0 fully saturated rings. The van der Waals surface area contributed by atoms with Crippen molar-refractivity contribution in [1.82, 2.24) is 19.0 Å². The number of aryl methyl sites for hydroxylation is 2. The lowest BCUT2D eigenvalue weighted by Crippen LogP contribution is -2.53. The molecule has 214 valence electrons. The summed E-state index contributed by atoms with van der Waals surface area (Å²) in [4.78, 5) is 16.4. The van der Waals surface area contributed by atoms with Gasteiger partial charge in [0.25, 0.3) is 0 Å². The lowest BCUT2D eigenvalue weighted by Gasteiger charge is -2.35. The molecule has 2 aromatic heterocycles. The third-order valence-corrected chi connectivity index (χ3v) is 8.69. The van der Waals surface area contributed by atoms with Crippen molar-refractivity contribution in [3.8, 4) is 0 Å². The molecule has 0 saturated heterocycles. The zero-order valence-electron chi connectivity index (χ0n) is 24.2. The number of sulfonamides is 1. The van der Waals surface area contributed by atoms with Crippen molar-refractivity contribution in [1.29, 1.82) is 0 Å². The van der Waals surface area contributed by atoms with E-state index in [0.29, 0.717) is 29.8 Å². The fourth-order valence-electron chi connectivity index (χ4n) is 5.07. The fourth-order valence-corrected chi connectivity index (χ4v) is 6.66. The summed E-state index contributed by atoms with van der Waals surface area (Å²) in [5.41, 5.74) is 2.98. The SMILES string of the molecule is Cc1cc(CN([C@@H](Cc2ccccc2)C(=O)N(CC(C)C)CC(C)C)S(=O)(=O)c2ccc3occc3c2)n(C)n1. The molecule has 0 bridgehead atoms. The molecular formula is C31H40N4O4S. The van der Waals surface area contributed by atoms with E-state index < -0.39 is 16.1 Å². The first-order valence-corrected chi connectivity index (χ1v) is 15.2. The zero-order valence-corrected chi connectivity index (χ0v) is 25.1. The predicted molar refractivity (Wildman–Crippen MR) is 157 cm³/mol. The molecule has 0 spiro atoms. The molecule has 0 radical (unpaired) electrons. The molecule has 4 aromatic rings. The Morgan fingerprint density at radius 2 is 1.65 bits per heavy atom. The monoisotopic (exact) mass is 564 g/mol. The minimum Gasteiger partial charge on any atom is -0.464 e. The van der Waals surface area contributed by atoms with Crippen molar-refractivity contribution in [3.05, 3.63) is 83.9 Å². The molecule has 40 heavy (non-hydrogen) atoms. The Bertz CT molecular complexity index is 1530. The van der Waals surface area contributed by atoms with Gasteiger partial charge >= 0.3 is 0 Å². The number of carbonyl (C=O) groups is 1. The average Bonchev–Trinajstić information content (AvgIpc) is 3.49. The second-order valence-corrected chi connectivity index (χ2v) is 13.2. The van der Waals surface area contributed by atoms with Crippen molar-refractivity contribution in [3.63, 3.8) is 0 Å². The molecule has 8 nitrogen and oxygen atoms in total. The highest BCUT2D eigenvalue weighted by Gasteiger charge is 2.39. The third-order valence-electron chi connectivity index (χ3n) is 6.83. The van der Waals surface area contributed by atoms with Crippen LogP contribution in [0.25, 0.3) is 11.0 Å². The summed E-state index contributed by atoms with van der Waals surface area (Å²) in [7, 11) is -2.33. The van der Waals surface area contributed by atoms with Crippen molar-refractivity contribution in [2.45, 2.75) is 58.5 Å². The normalized spacial score (nSPS) is 13.0. The third kappa shape index (κ3) is 6.82. The number of rotatable bonds is 12. The molecule has 4 rings (SSSR count). The highest BCUT2D eigenvalue weighted by Crippen LogP contribution is 2.28. The van der Waals surface area contributed by atoms with E-state index in [1.165, 1.54) is 10.6 Å². The van der Waals surface area contributed by atoms with Gasteiger partial charge in [-0.05, 0) is 61.1 Å². The van der Waals surface area contributed by atoms with Crippen molar-refractivity contribution in [2.24, 2.45) is 18.9 Å². The van der Waals surface area contributed by atoms with Crippen molar-refractivity contribution >= 4 is 26.9 Å². The molecule has 0 saturated carbocycles.